The molecule has 5 nitrogen and oxygen atoms in total. The Hall–Kier alpha value is -2.14. The van der Waals surface area contributed by atoms with Crippen molar-refractivity contribution < 1.29 is 9.21 Å². The summed E-state index contributed by atoms with van der Waals surface area (Å²) in [6, 6.07) is 11.1. The smallest absolute Gasteiger partial charge is 0.273 e. The van der Waals surface area contributed by atoms with Crippen LogP contribution in [0, 0.1) is 5.92 Å². The van der Waals surface area contributed by atoms with Crippen molar-refractivity contribution in [1.29, 1.82) is 0 Å². The number of amides is 1. The Morgan fingerprint density at radius 3 is 2.64 bits per heavy atom. The molecule has 5 heteroatoms. The number of carbonyl (C=O) groups excluding carboxylic acids is 1. The number of carbonyl (C=O) groups is 1. The SMILES string of the molecule is O=C(NC1CC1)c1coc(CN2CCC(Cc3ccccc3)CC2)n1. The van der Waals surface area contributed by atoms with E-state index in [0.29, 0.717) is 24.2 Å². The van der Waals surface area contributed by atoms with Gasteiger partial charge in [-0.1, -0.05) is 30.3 Å². The summed E-state index contributed by atoms with van der Waals surface area (Å²) in [7, 11) is 0. The van der Waals surface area contributed by atoms with Gasteiger partial charge in [0, 0.05) is 6.04 Å². The van der Waals surface area contributed by atoms with Gasteiger partial charge in [-0.25, -0.2) is 4.98 Å². The van der Waals surface area contributed by atoms with E-state index in [0.717, 1.165) is 31.8 Å². The van der Waals surface area contributed by atoms with Crippen molar-refractivity contribution >= 4 is 5.91 Å². The summed E-state index contributed by atoms with van der Waals surface area (Å²) < 4.78 is 5.50. The molecule has 0 radical (unpaired) electrons. The normalized spacial score (nSPS) is 19.0. The van der Waals surface area contributed by atoms with E-state index >= 15 is 0 Å². The standard InChI is InChI=1S/C20H25N3O2/c24-20(21-17-6-7-17)18-14-25-19(22-18)13-23-10-8-16(9-11-23)12-15-4-2-1-3-5-15/h1-5,14,16-17H,6-13H2,(H,21,24). The molecule has 132 valence electrons. The topological polar surface area (TPSA) is 58.4 Å². The monoisotopic (exact) mass is 339 g/mol. The molecule has 4 rings (SSSR count). The second-order valence-corrected chi connectivity index (χ2v) is 7.28. The van der Waals surface area contributed by atoms with Gasteiger partial charge in [0.2, 0.25) is 5.89 Å². The van der Waals surface area contributed by atoms with Gasteiger partial charge in [-0.05, 0) is 56.7 Å². The van der Waals surface area contributed by atoms with Crippen LogP contribution in [0.2, 0.25) is 0 Å². The fourth-order valence-electron chi connectivity index (χ4n) is 3.46. The predicted octanol–water partition coefficient (Wildman–Crippen LogP) is 3.02. The van der Waals surface area contributed by atoms with E-state index in [1.807, 2.05) is 0 Å². The van der Waals surface area contributed by atoms with Crippen LogP contribution in [-0.2, 0) is 13.0 Å². The number of likely N-dealkylation sites (tertiary alicyclic amines) is 1. The third-order valence-corrected chi connectivity index (χ3v) is 5.13. The number of benzene rings is 1. The Kier molecular flexibility index (Phi) is 4.83. The minimum atomic E-state index is -0.112. The molecule has 1 aliphatic carbocycles. The Balaban J connectivity index is 1.24. The molecule has 1 aliphatic heterocycles. The van der Waals surface area contributed by atoms with Crippen molar-refractivity contribution in [2.45, 2.75) is 44.7 Å². The molecule has 2 aliphatic rings. The number of oxazole rings is 1. The molecule has 0 spiro atoms. The van der Waals surface area contributed by atoms with E-state index < -0.39 is 0 Å². The predicted molar refractivity (Wildman–Crippen MR) is 95.1 cm³/mol. The van der Waals surface area contributed by atoms with Crippen molar-refractivity contribution in [3.8, 4) is 0 Å². The van der Waals surface area contributed by atoms with Gasteiger partial charge in [0.25, 0.3) is 5.91 Å². The Bertz CT molecular complexity index is 701. The summed E-state index contributed by atoms with van der Waals surface area (Å²) in [5.74, 6) is 1.28. The summed E-state index contributed by atoms with van der Waals surface area (Å²) in [6.45, 7) is 2.81. The number of hydrogen-bond donors (Lipinski definition) is 1. The number of hydrogen-bond acceptors (Lipinski definition) is 4. The zero-order valence-electron chi connectivity index (χ0n) is 14.5. The molecule has 1 saturated carbocycles. The molecule has 25 heavy (non-hydrogen) atoms. The first-order valence-electron chi connectivity index (χ1n) is 9.28. The highest BCUT2D eigenvalue weighted by Gasteiger charge is 2.26. The molecule has 0 atom stereocenters. The lowest BCUT2D eigenvalue weighted by Crippen LogP contribution is -2.34. The average Bonchev–Trinajstić information content (AvgIpc) is 3.32. The number of rotatable bonds is 6. The van der Waals surface area contributed by atoms with Crippen LogP contribution in [0.25, 0.3) is 0 Å². The average molecular weight is 339 g/mol. The molecule has 0 unspecified atom stereocenters. The maximum Gasteiger partial charge on any atom is 0.273 e. The van der Waals surface area contributed by atoms with Crippen LogP contribution in [-0.4, -0.2) is 34.9 Å². The molecule has 1 N–H and O–H groups in total. The van der Waals surface area contributed by atoms with Crippen LogP contribution in [0.5, 0.6) is 0 Å². The van der Waals surface area contributed by atoms with Crippen LogP contribution in [0.4, 0.5) is 0 Å². The number of nitrogens with one attached hydrogen (secondary N) is 1. The lowest BCUT2D eigenvalue weighted by atomic mass is 9.90. The van der Waals surface area contributed by atoms with E-state index in [1.165, 1.54) is 31.1 Å². The Labute approximate surface area is 148 Å². The quantitative estimate of drug-likeness (QED) is 0.879. The van der Waals surface area contributed by atoms with Gasteiger partial charge in [0.1, 0.15) is 6.26 Å². The Morgan fingerprint density at radius 2 is 1.92 bits per heavy atom. The first kappa shape index (κ1) is 16.3. The van der Waals surface area contributed by atoms with Crippen LogP contribution in [0.3, 0.4) is 0 Å². The summed E-state index contributed by atoms with van der Waals surface area (Å²) in [5.41, 5.74) is 1.83. The molecule has 2 heterocycles. The fourth-order valence-corrected chi connectivity index (χ4v) is 3.46. The largest absolute Gasteiger partial charge is 0.447 e. The minimum Gasteiger partial charge on any atom is -0.447 e. The zero-order chi connectivity index (χ0) is 17.1. The second-order valence-electron chi connectivity index (χ2n) is 7.28. The number of aromatic nitrogens is 1. The van der Waals surface area contributed by atoms with E-state index in [1.54, 1.807) is 0 Å². The minimum absolute atomic E-state index is 0.112. The third-order valence-electron chi connectivity index (χ3n) is 5.13. The van der Waals surface area contributed by atoms with Crippen LogP contribution in [0.1, 0.15) is 47.6 Å². The van der Waals surface area contributed by atoms with Crippen molar-refractivity contribution in [2.24, 2.45) is 5.92 Å². The highest BCUT2D eigenvalue weighted by atomic mass is 16.3. The van der Waals surface area contributed by atoms with Crippen molar-refractivity contribution in [3.63, 3.8) is 0 Å². The number of nitrogens with zero attached hydrogens (tertiary/aromatic N) is 2. The maximum absolute atomic E-state index is 12.0. The third kappa shape index (κ3) is 4.48. The van der Waals surface area contributed by atoms with Gasteiger partial charge in [-0.15, -0.1) is 0 Å². The lowest BCUT2D eigenvalue weighted by Gasteiger charge is -2.31. The van der Waals surface area contributed by atoms with Crippen LogP contribution in [0.15, 0.2) is 41.0 Å². The van der Waals surface area contributed by atoms with Gasteiger partial charge >= 0.3 is 0 Å². The molecule has 0 bridgehead atoms. The van der Waals surface area contributed by atoms with Crippen molar-refractivity contribution in [3.05, 3.63) is 53.7 Å². The second kappa shape index (κ2) is 7.40. The fraction of sp³-hybridized carbons (Fsp3) is 0.500. The summed E-state index contributed by atoms with van der Waals surface area (Å²) in [5, 5.41) is 2.94. The van der Waals surface area contributed by atoms with Gasteiger partial charge in [-0.2, -0.15) is 0 Å². The molecule has 2 fully saturated rings. The highest BCUT2D eigenvalue weighted by Crippen LogP contribution is 2.23. The van der Waals surface area contributed by atoms with E-state index in [4.69, 9.17) is 4.42 Å². The number of piperidine rings is 1. The summed E-state index contributed by atoms with van der Waals surface area (Å²) >= 11 is 0. The zero-order valence-corrected chi connectivity index (χ0v) is 14.5. The van der Waals surface area contributed by atoms with Gasteiger partial charge in [-0.3, -0.25) is 9.69 Å². The van der Waals surface area contributed by atoms with E-state index in [-0.39, 0.29) is 5.91 Å². The molecular weight excluding hydrogens is 314 g/mol. The molecule has 1 aromatic carbocycles. The summed E-state index contributed by atoms with van der Waals surface area (Å²) in [4.78, 5) is 18.7. The molecule has 2 aromatic rings. The van der Waals surface area contributed by atoms with Crippen molar-refractivity contribution in [2.75, 3.05) is 13.1 Å². The molecule has 1 saturated heterocycles. The lowest BCUT2D eigenvalue weighted by molar-refractivity contribution is 0.0946. The first-order valence-corrected chi connectivity index (χ1v) is 9.28. The molecule has 1 aromatic heterocycles. The van der Waals surface area contributed by atoms with Gasteiger partial charge in [0.15, 0.2) is 5.69 Å². The maximum atomic E-state index is 12.0. The van der Waals surface area contributed by atoms with Gasteiger partial charge < -0.3 is 9.73 Å². The van der Waals surface area contributed by atoms with Crippen LogP contribution >= 0.6 is 0 Å². The highest BCUT2D eigenvalue weighted by molar-refractivity contribution is 5.92. The van der Waals surface area contributed by atoms with E-state index in [2.05, 4.69) is 45.5 Å². The van der Waals surface area contributed by atoms with Crippen LogP contribution < -0.4 is 5.32 Å². The molecular formula is C20H25N3O2. The Morgan fingerprint density at radius 1 is 1.16 bits per heavy atom. The van der Waals surface area contributed by atoms with Gasteiger partial charge in [0.05, 0.1) is 6.54 Å². The first-order chi connectivity index (χ1) is 12.3. The van der Waals surface area contributed by atoms with E-state index in [9.17, 15) is 4.79 Å². The summed E-state index contributed by atoms with van der Waals surface area (Å²) in [6.07, 6.45) is 7.20. The van der Waals surface area contributed by atoms with Crippen molar-refractivity contribution in [1.82, 2.24) is 15.2 Å². The molecule has 1 amide bonds.